The van der Waals surface area contributed by atoms with Crippen molar-refractivity contribution in [3.05, 3.63) is 29.8 Å². The Kier molecular flexibility index (Phi) is 6.37. The number of nitrogens with two attached hydrogens (primary N) is 1. The number of rotatable bonds is 4. The molecule has 0 bridgehead atoms. The molecule has 0 spiro atoms. The predicted molar refractivity (Wildman–Crippen MR) is 60.1 cm³/mol. The van der Waals surface area contributed by atoms with Gasteiger partial charge in [0.1, 0.15) is 0 Å². The zero-order valence-corrected chi connectivity index (χ0v) is 8.73. The Morgan fingerprint density at radius 1 is 1.31 bits per heavy atom. The predicted octanol–water partition coefficient (Wildman–Crippen LogP) is 2.74. The van der Waals surface area contributed by atoms with E-state index in [1.54, 1.807) is 0 Å². The smallest absolute Gasteiger partial charge is 0.0517 e. The van der Waals surface area contributed by atoms with Crippen LogP contribution < -0.4 is 11.3 Å². The number of benzene rings is 1. The molecule has 0 aliphatic heterocycles. The molecule has 0 atom stereocenters. The van der Waals surface area contributed by atoms with E-state index >= 15 is 0 Å². The fraction of sp³-hybridized carbons (Fsp3) is 0.400. The second-order valence-corrected chi connectivity index (χ2v) is 2.91. The maximum atomic E-state index is 5.37. The number of hydrogen-bond donors (Lipinski definition) is 2. The molecule has 0 aromatic heterocycles. The fourth-order valence-corrected chi connectivity index (χ4v) is 1.25. The molecule has 0 aliphatic carbocycles. The topological polar surface area (TPSA) is 38.0 Å². The van der Waals surface area contributed by atoms with E-state index in [1.165, 1.54) is 18.4 Å². The van der Waals surface area contributed by atoms with E-state index in [2.05, 4.69) is 18.4 Å². The van der Waals surface area contributed by atoms with Crippen molar-refractivity contribution in [3.63, 3.8) is 0 Å². The molecule has 1 rings (SSSR count). The number of unbranched alkanes of at least 4 members (excludes halogenated alkanes) is 1. The van der Waals surface area contributed by atoms with Crippen LogP contribution in [0, 0.1) is 0 Å². The lowest BCUT2D eigenvalue weighted by molar-refractivity contribution is 0.795. The molecule has 3 N–H and O–H groups in total. The van der Waals surface area contributed by atoms with Crippen LogP contribution in [-0.4, -0.2) is 0 Å². The van der Waals surface area contributed by atoms with E-state index < -0.39 is 0 Å². The second kappa shape index (κ2) is 6.75. The van der Waals surface area contributed by atoms with Gasteiger partial charge >= 0.3 is 0 Å². The van der Waals surface area contributed by atoms with Gasteiger partial charge in [0.05, 0.1) is 5.69 Å². The molecule has 0 saturated carbocycles. The maximum absolute atomic E-state index is 5.37. The third kappa shape index (κ3) is 3.66. The number of hydrazine groups is 1. The Labute approximate surface area is 85.9 Å². The summed E-state index contributed by atoms with van der Waals surface area (Å²) < 4.78 is 0. The van der Waals surface area contributed by atoms with Gasteiger partial charge < -0.3 is 5.43 Å². The quantitative estimate of drug-likeness (QED) is 0.580. The molecule has 0 fully saturated rings. The Hall–Kier alpha value is -0.730. The van der Waals surface area contributed by atoms with Crippen molar-refractivity contribution < 1.29 is 0 Å². The van der Waals surface area contributed by atoms with Gasteiger partial charge in [-0.1, -0.05) is 31.5 Å². The molecule has 0 aliphatic rings. The van der Waals surface area contributed by atoms with Gasteiger partial charge in [-0.2, -0.15) is 0 Å². The Morgan fingerprint density at radius 3 is 2.62 bits per heavy atom. The normalized spacial score (nSPS) is 9.08. The highest BCUT2D eigenvalue weighted by atomic mass is 35.5. The van der Waals surface area contributed by atoms with Crippen LogP contribution in [-0.2, 0) is 6.42 Å². The van der Waals surface area contributed by atoms with E-state index in [0.717, 1.165) is 12.1 Å². The van der Waals surface area contributed by atoms with Gasteiger partial charge in [-0.3, -0.25) is 5.84 Å². The number of hydrogen-bond acceptors (Lipinski definition) is 2. The van der Waals surface area contributed by atoms with Crippen LogP contribution in [0.5, 0.6) is 0 Å². The van der Waals surface area contributed by atoms with E-state index in [4.69, 9.17) is 5.84 Å². The third-order valence-corrected chi connectivity index (χ3v) is 1.97. The molecular weight excluding hydrogens is 184 g/mol. The van der Waals surface area contributed by atoms with Gasteiger partial charge in [0.25, 0.3) is 0 Å². The molecule has 0 amide bonds. The lowest BCUT2D eigenvalue weighted by Crippen LogP contribution is -2.08. The molecule has 0 unspecified atom stereocenters. The first-order chi connectivity index (χ1) is 5.88. The third-order valence-electron chi connectivity index (χ3n) is 1.97. The number of anilines is 1. The van der Waals surface area contributed by atoms with Gasteiger partial charge in [-0.15, -0.1) is 12.4 Å². The molecule has 3 heteroatoms. The zero-order chi connectivity index (χ0) is 8.81. The summed E-state index contributed by atoms with van der Waals surface area (Å²) >= 11 is 0. The minimum Gasteiger partial charge on any atom is -0.324 e. The van der Waals surface area contributed by atoms with E-state index in [9.17, 15) is 0 Å². The van der Waals surface area contributed by atoms with Crippen LogP contribution in [0.1, 0.15) is 25.3 Å². The molecule has 74 valence electrons. The summed E-state index contributed by atoms with van der Waals surface area (Å²) in [5.74, 6) is 5.37. The van der Waals surface area contributed by atoms with E-state index in [0.29, 0.717) is 0 Å². The van der Waals surface area contributed by atoms with Gasteiger partial charge in [0.15, 0.2) is 0 Å². The van der Waals surface area contributed by atoms with Crippen LogP contribution >= 0.6 is 12.4 Å². The summed E-state index contributed by atoms with van der Waals surface area (Å²) in [5.41, 5.74) is 5.06. The van der Waals surface area contributed by atoms with Crippen LogP contribution in [0.3, 0.4) is 0 Å². The summed E-state index contributed by atoms with van der Waals surface area (Å²) in [6.07, 6.45) is 3.55. The van der Waals surface area contributed by atoms with Crippen molar-refractivity contribution in [3.8, 4) is 0 Å². The van der Waals surface area contributed by atoms with E-state index in [-0.39, 0.29) is 12.4 Å². The van der Waals surface area contributed by atoms with Gasteiger partial charge in [-0.25, -0.2) is 0 Å². The van der Waals surface area contributed by atoms with Crippen LogP contribution in [0.25, 0.3) is 0 Å². The van der Waals surface area contributed by atoms with Gasteiger partial charge in [-0.05, 0) is 24.5 Å². The standard InChI is InChI=1S/C10H16N2.ClH/c1-2-3-6-9-7-4-5-8-10(9)12-11;/h4-5,7-8,12H,2-3,6,11H2,1H3;1H. The molecule has 0 radical (unpaired) electrons. The van der Waals surface area contributed by atoms with Crippen LogP contribution in [0.2, 0.25) is 0 Å². The molecular formula is C10H17ClN2. The number of nitrogen functional groups attached to an aromatic ring is 1. The summed E-state index contributed by atoms with van der Waals surface area (Å²) in [7, 11) is 0. The van der Waals surface area contributed by atoms with Gasteiger partial charge in [0, 0.05) is 0 Å². The highest BCUT2D eigenvalue weighted by Gasteiger charge is 1.97. The highest BCUT2D eigenvalue weighted by Crippen LogP contribution is 2.15. The number of halogens is 1. The Morgan fingerprint density at radius 2 is 2.00 bits per heavy atom. The highest BCUT2D eigenvalue weighted by molar-refractivity contribution is 5.85. The van der Waals surface area contributed by atoms with Crippen molar-refractivity contribution in [1.29, 1.82) is 0 Å². The molecule has 1 aromatic carbocycles. The van der Waals surface area contributed by atoms with Crippen molar-refractivity contribution in [2.75, 3.05) is 5.43 Å². The van der Waals surface area contributed by atoms with Crippen LogP contribution in [0.15, 0.2) is 24.3 Å². The lowest BCUT2D eigenvalue weighted by Gasteiger charge is -2.06. The number of para-hydroxylation sites is 1. The first-order valence-electron chi connectivity index (χ1n) is 4.43. The Bertz CT molecular complexity index is 238. The second-order valence-electron chi connectivity index (χ2n) is 2.91. The first kappa shape index (κ1) is 12.3. The average Bonchev–Trinajstić information content (AvgIpc) is 2.15. The van der Waals surface area contributed by atoms with E-state index in [1.807, 2.05) is 18.2 Å². The van der Waals surface area contributed by atoms with Crippen molar-refractivity contribution in [2.45, 2.75) is 26.2 Å². The Balaban J connectivity index is 0.00000144. The number of nitrogens with one attached hydrogen (secondary N) is 1. The zero-order valence-electron chi connectivity index (χ0n) is 7.92. The molecule has 0 saturated heterocycles. The lowest BCUT2D eigenvalue weighted by atomic mass is 10.1. The minimum absolute atomic E-state index is 0. The van der Waals surface area contributed by atoms with Crippen molar-refractivity contribution >= 4 is 18.1 Å². The number of aryl methyl sites for hydroxylation is 1. The minimum atomic E-state index is 0. The SMILES string of the molecule is CCCCc1ccccc1NN.Cl. The summed E-state index contributed by atoms with van der Waals surface area (Å²) in [4.78, 5) is 0. The average molecular weight is 201 g/mol. The summed E-state index contributed by atoms with van der Waals surface area (Å²) in [5, 5.41) is 0. The fourth-order valence-electron chi connectivity index (χ4n) is 1.25. The molecule has 0 heterocycles. The van der Waals surface area contributed by atoms with Crippen LogP contribution in [0.4, 0.5) is 5.69 Å². The molecule has 13 heavy (non-hydrogen) atoms. The monoisotopic (exact) mass is 200 g/mol. The summed E-state index contributed by atoms with van der Waals surface area (Å²) in [6, 6.07) is 8.16. The largest absolute Gasteiger partial charge is 0.324 e. The summed E-state index contributed by atoms with van der Waals surface area (Å²) in [6.45, 7) is 2.19. The molecule has 1 aromatic rings. The van der Waals surface area contributed by atoms with Crippen molar-refractivity contribution in [2.24, 2.45) is 5.84 Å². The maximum Gasteiger partial charge on any atom is 0.0517 e. The van der Waals surface area contributed by atoms with Crippen molar-refractivity contribution in [1.82, 2.24) is 0 Å². The van der Waals surface area contributed by atoms with Gasteiger partial charge in [0.2, 0.25) is 0 Å². The first-order valence-corrected chi connectivity index (χ1v) is 4.43. The molecule has 2 nitrogen and oxygen atoms in total.